The second-order valence-corrected chi connectivity index (χ2v) is 4.46. The molecule has 1 aromatic rings. The Hall–Kier alpha value is -0.860. The van der Waals surface area contributed by atoms with Gasteiger partial charge in [-0.25, -0.2) is 0 Å². The van der Waals surface area contributed by atoms with Crippen molar-refractivity contribution in [3.05, 3.63) is 34.4 Å². The molecule has 0 amide bonds. The summed E-state index contributed by atoms with van der Waals surface area (Å²) < 4.78 is 0. The highest BCUT2D eigenvalue weighted by molar-refractivity contribution is 5.40. The fourth-order valence-corrected chi connectivity index (χ4v) is 1.79. The Morgan fingerprint density at radius 1 is 1.13 bits per heavy atom. The maximum absolute atomic E-state index is 6.19. The van der Waals surface area contributed by atoms with Gasteiger partial charge >= 0.3 is 0 Å². The molecule has 1 rings (SSSR count). The third-order valence-corrected chi connectivity index (χ3v) is 3.44. The van der Waals surface area contributed by atoms with Crippen LogP contribution >= 0.6 is 0 Å². The highest BCUT2D eigenvalue weighted by Gasteiger charge is 2.16. The van der Waals surface area contributed by atoms with E-state index in [4.69, 9.17) is 11.5 Å². The minimum Gasteiger partial charge on any atom is -0.330 e. The zero-order valence-electron chi connectivity index (χ0n) is 10.2. The van der Waals surface area contributed by atoms with Gasteiger partial charge in [0, 0.05) is 6.04 Å². The van der Waals surface area contributed by atoms with Crippen molar-refractivity contribution >= 4 is 0 Å². The smallest absolute Gasteiger partial charge is 0.0335 e. The van der Waals surface area contributed by atoms with Crippen LogP contribution in [0, 0.1) is 26.7 Å². The van der Waals surface area contributed by atoms with Crippen molar-refractivity contribution in [2.75, 3.05) is 6.54 Å². The molecule has 1 aromatic carbocycles. The van der Waals surface area contributed by atoms with Crippen LogP contribution in [0.4, 0.5) is 0 Å². The van der Waals surface area contributed by atoms with Crippen LogP contribution in [0.1, 0.15) is 35.2 Å². The molecule has 0 saturated carbocycles. The predicted octanol–water partition coefficient (Wildman–Crippen LogP) is 2.21. The van der Waals surface area contributed by atoms with Crippen LogP contribution in [0.2, 0.25) is 0 Å². The van der Waals surface area contributed by atoms with Gasteiger partial charge in [0.15, 0.2) is 0 Å². The van der Waals surface area contributed by atoms with E-state index in [1.807, 2.05) is 0 Å². The molecule has 2 atom stereocenters. The summed E-state index contributed by atoms with van der Waals surface area (Å²) in [5.41, 5.74) is 17.0. The van der Waals surface area contributed by atoms with Crippen molar-refractivity contribution in [1.82, 2.24) is 0 Å². The average Bonchev–Trinajstić information content (AvgIpc) is 2.24. The molecule has 0 aromatic heterocycles. The molecular formula is C13H22N2. The lowest BCUT2D eigenvalue weighted by Gasteiger charge is -2.22. The van der Waals surface area contributed by atoms with Crippen molar-refractivity contribution in [3.63, 3.8) is 0 Å². The number of aryl methyl sites for hydroxylation is 1. The maximum Gasteiger partial charge on any atom is 0.0335 e. The Kier molecular flexibility index (Phi) is 3.89. The first kappa shape index (κ1) is 12.2. The van der Waals surface area contributed by atoms with Crippen molar-refractivity contribution in [2.45, 2.75) is 33.7 Å². The van der Waals surface area contributed by atoms with E-state index in [2.05, 4.69) is 39.8 Å². The molecule has 0 heterocycles. The van der Waals surface area contributed by atoms with Crippen molar-refractivity contribution in [1.29, 1.82) is 0 Å². The first-order valence-corrected chi connectivity index (χ1v) is 5.51. The molecule has 0 spiro atoms. The van der Waals surface area contributed by atoms with E-state index < -0.39 is 0 Å². The van der Waals surface area contributed by atoms with Crippen LogP contribution in [0.3, 0.4) is 0 Å². The summed E-state index contributed by atoms with van der Waals surface area (Å²) in [5.74, 6) is 0.325. The second kappa shape index (κ2) is 4.77. The molecule has 0 aliphatic heterocycles. The van der Waals surface area contributed by atoms with E-state index in [9.17, 15) is 0 Å². The molecule has 2 heteroatoms. The molecule has 2 unspecified atom stereocenters. The fraction of sp³-hybridized carbons (Fsp3) is 0.538. The largest absolute Gasteiger partial charge is 0.330 e. The summed E-state index contributed by atoms with van der Waals surface area (Å²) in [6, 6.07) is 4.32. The summed E-state index contributed by atoms with van der Waals surface area (Å²) in [6.45, 7) is 9.14. The van der Waals surface area contributed by atoms with Crippen LogP contribution in [0.5, 0.6) is 0 Å². The summed E-state index contributed by atoms with van der Waals surface area (Å²) in [4.78, 5) is 0. The normalized spacial score (nSPS) is 15.1. The van der Waals surface area contributed by atoms with Gasteiger partial charge in [-0.3, -0.25) is 0 Å². The van der Waals surface area contributed by atoms with Crippen LogP contribution in [-0.4, -0.2) is 6.54 Å². The number of nitrogens with two attached hydrogens (primary N) is 2. The van der Waals surface area contributed by atoms with E-state index in [0.29, 0.717) is 12.5 Å². The van der Waals surface area contributed by atoms with Crippen molar-refractivity contribution in [2.24, 2.45) is 17.4 Å². The summed E-state index contributed by atoms with van der Waals surface area (Å²) in [7, 11) is 0. The Labute approximate surface area is 92.7 Å². The maximum atomic E-state index is 6.19. The zero-order chi connectivity index (χ0) is 11.6. The Morgan fingerprint density at radius 2 is 1.73 bits per heavy atom. The molecule has 0 radical (unpaired) electrons. The second-order valence-electron chi connectivity index (χ2n) is 4.46. The quantitative estimate of drug-likeness (QED) is 0.796. The molecular weight excluding hydrogens is 184 g/mol. The van der Waals surface area contributed by atoms with Gasteiger partial charge in [0.25, 0.3) is 0 Å². The SMILES string of the molecule is Cc1ccc(C(N)C(C)CN)c(C)c1C. The molecule has 15 heavy (non-hydrogen) atoms. The van der Waals surface area contributed by atoms with Crippen LogP contribution in [0.15, 0.2) is 12.1 Å². The van der Waals surface area contributed by atoms with Crippen molar-refractivity contribution < 1.29 is 0 Å². The summed E-state index contributed by atoms with van der Waals surface area (Å²) in [6.07, 6.45) is 0. The van der Waals surface area contributed by atoms with Crippen LogP contribution in [0.25, 0.3) is 0 Å². The lowest BCUT2D eigenvalue weighted by atomic mass is 9.89. The summed E-state index contributed by atoms with van der Waals surface area (Å²) in [5, 5.41) is 0. The standard InChI is InChI=1S/C13H22N2/c1-8-5-6-12(11(4)10(8)3)13(15)9(2)7-14/h5-6,9,13H,7,14-15H2,1-4H3. The zero-order valence-corrected chi connectivity index (χ0v) is 10.2. The lowest BCUT2D eigenvalue weighted by molar-refractivity contribution is 0.479. The van der Waals surface area contributed by atoms with Gasteiger partial charge in [0.1, 0.15) is 0 Å². The van der Waals surface area contributed by atoms with Gasteiger partial charge in [0.05, 0.1) is 0 Å². The molecule has 84 valence electrons. The van der Waals surface area contributed by atoms with E-state index in [0.717, 1.165) is 0 Å². The topological polar surface area (TPSA) is 52.0 Å². The first-order valence-electron chi connectivity index (χ1n) is 5.51. The fourth-order valence-electron chi connectivity index (χ4n) is 1.79. The molecule has 2 nitrogen and oxygen atoms in total. The van der Waals surface area contributed by atoms with Gasteiger partial charge in [-0.1, -0.05) is 19.1 Å². The van der Waals surface area contributed by atoms with E-state index in [1.165, 1.54) is 22.3 Å². The highest BCUT2D eigenvalue weighted by atomic mass is 14.7. The minimum absolute atomic E-state index is 0.0503. The third-order valence-electron chi connectivity index (χ3n) is 3.44. The Morgan fingerprint density at radius 3 is 2.27 bits per heavy atom. The molecule has 0 fully saturated rings. The Bertz CT molecular complexity index is 345. The molecule has 0 aliphatic carbocycles. The van der Waals surface area contributed by atoms with Crippen molar-refractivity contribution in [3.8, 4) is 0 Å². The highest BCUT2D eigenvalue weighted by Crippen LogP contribution is 2.25. The number of benzene rings is 1. The lowest BCUT2D eigenvalue weighted by Crippen LogP contribution is -2.26. The monoisotopic (exact) mass is 206 g/mol. The molecule has 0 saturated heterocycles. The van der Waals surface area contributed by atoms with Crippen LogP contribution < -0.4 is 11.5 Å². The number of rotatable bonds is 3. The molecule has 4 N–H and O–H groups in total. The number of hydrogen-bond acceptors (Lipinski definition) is 2. The molecule has 0 bridgehead atoms. The Balaban J connectivity index is 3.10. The van der Waals surface area contributed by atoms with E-state index >= 15 is 0 Å². The van der Waals surface area contributed by atoms with E-state index in [1.54, 1.807) is 0 Å². The van der Waals surface area contributed by atoms with Gasteiger partial charge < -0.3 is 11.5 Å². The van der Waals surface area contributed by atoms with E-state index in [-0.39, 0.29) is 6.04 Å². The number of hydrogen-bond donors (Lipinski definition) is 2. The van der Waals surface area contributed by atoms with Gasteiger partial charge in [-0.15, -0.1) is 0 Å². The average molecular weight is 206 g/mol. The summed E-state index contributed by atoms with van der Waals surface area (Å²) >= 11 is 0. The molecule has 0 aliphatic rings. The van der Waals surface area contributed by atoms with Gasteiger partial charge in [-0.05, 0) is 55.5 Å². The first-order chi connectivity index (χ1) is 6.99. The minimum atomic E-state index is 0.0503. The third kappa shape index (κ3) is 2.39. The van der Waals surface area contributed by atoms with Gasteiger partial charge in [-0.2, -0.15) is 0 Å². The van der Waals surface area contributed by atoms with Gasteiger partial charge in [0.2, 0.25) is 0 Å². The van der Waals surface area contributed by atoms with Crippen LogP contribution in [-0.2, 0) is 0 Å². The predicted molar refractivity (Wildman–Crippen MR) is 65.8 cm³/mol.